The van der Waals surface area contributed by atoms with Crippen LogP contribution in [0.4, 0.5) is 9.59 Å². The summed E-state index contributed by atoms with van der Waals surface area (Å²) in [6.07, 6.45) is 0.405. The number of amides is 4. The number of hydroxylamine groups is 2. The summed E-state index contributed by atoms with van der Waals surface area (Å²) in [6, 6.07) is 8.51. The number of benzene rings is 1. The topological polar surface area (TPSA) is 100 Å². The van der Waals surface area contributed by atoms with Crippen molar-refractivity contribution in [2.45, 2.75) is 38.5 Å². The maximum absolute atomic E-state index is 12.6. The average Bonchev–Trinajstić information content (AvgIpc) is 2.89. The van der Waals surface area contributed by atoms with Gasteiger partial charge in [0.15, 0.2) is 0 Å². The molecule has 1 aromatic rings. The lowest BCUT2D eigenvalue weighted by atomic mass is 10.0. The zero-order valence-corrected chi connectivity index (χ0v) is 14.5. The van der Waals surface area contributed by atoms with Gasteiger partial charge in [-0.25, -0.2) is 15.0 Å². The zero-order chi connectivity index (χ0) is 18.5. The summed E-state index contributed by atoms with van der Waals surface area (Å²) in [7, 11) is 0. The van der Waals surface area contributed by atoms with Crippen molar-refractivity contribution in [3.8, 4) is 0 Å². The van der Waals surface area contributed by atoms with Crippen LogP contribution in [-0.2, 0) is 21.0 Å². The van der Waals surface area contributed by atoms with Crippen molar-refractivity contribution < 1.29 is 24.0 Å². The first kappa shape index (κ1) is 18.0. The maximum Gasteiger partial charge on any atom is 0.426 e. The molecule has 0 unspecified atom stereocenters. The number of hydrogen-bond donors (Lipinski definition) is 2. The Morgan fingerprint density at radius 1 is 1.19 bits per heavy atom. The van der Waals surface area contributed by atoms with Crippen LogP contribution in [0.2, 0.25) is 0 Å². The van der Waals surface area contributed by atoms with E-state index >= 15 is 0 Å². The van der Waals surface area contributed by atoms with Crippen LogP contribution in [0, 0.1) is 0 Å². The van der Waals surface area contributed by atoms with Crippen LogP contribution in [0.25, 0.3) is 0 Å². The highest BCUT2D eigenvalue weighted by atomic mass is 16.7. The fourth-order valence-corrected chi connectivity index (χ4v) is 3.15. The van der Waals surface area contributed by atoms with Gasteiger partial charge in [-0.2, -0.15) is 5.06 Å². The molecule has 2 fully saturated rings. The SMILES string of the molecule is CCOC(=O)NNC(=O)[C@@H]1CC[C@@H]2CN1C(=O)N2OCc1ccccc1. The molecule has 2 N–H and O–H groups in total. The van der Waals surface area contributed by atoms with Crippen molar-refractivity contribution in [2.75, 3.05) is 13.2 Å². The van der Waals surface area contributed by atoms with Gasteiger partial charge in [0.25, 0.3) is 5.91 Å². The van der Waals surface area contributed by atoms with E-state index in [9.17, 15) is 14.4 Å². The highest BCUT2D eigenvalue weighted by Gasteiger charge is 2.48. The van der Waals surface area contributed by atoms with Crippen LogP contribution in [0.1, 0.15) is 25.3 Å². The Hall–Kier alpha value is -2.81. The van der Waals surface area contributed by atoms with Gasteiger partial charge in [-0.3, -0.25) is 15.1 Å². The number of rotatable bonds is 5. The van der Waals surface area contributed by atoms with Gasteiger partial charge in [0.1, 0.15) is 12.6 Å². The summed E-state index contributed by atoms with van der Waals surface area (Å²) < 4.78 is 4.68. The van der Waals surface area contributed by atoms with Crippen LogP contribution >= 0.6 is 0 Å². The van der Waals surface area contributed by atoms with Gasteiger partial charge in [0, 0.05) is 6.54 Å². The first-order valence-corrected chi connectivity index (χ1v) is 8.59. The number of ether oxygens (including phenoxy) is 1. The Labute approximate surface area is 151 Å². The van der Waals surface area contributed by atoms with Gasteiger partial charge in [0.2, 0.25) is 0 Å². The van der Waals surface area contributed by atoms with E-state index in [1.54, 1.807) is 6.92 Å². The van der Waals surface area contributed by atoms with Crippen LogP contribution in [0.5, 0.6) is 0 Å². The minimum atomic E-state index is -0.741. The molecule has 0 radical (unpaired) electrons. The summed E-state index contributed by atoms with van der Waals surface area (Å²) in [5, 5.41) is 1.36. The van der Waals surface area contributed by atoms with Crippen LogP contribution < -0.4 is 10.9 Å². The second kappa shape index (κ2) is 8.05. The number of urea groups is 1. The number of hydrogen-bond acceptors (Lipinski definition) is 5. The Morgan fingerprint density at radius 2 is 1.96 bits per heavy atom. The first-order valence-electron chi connectivity index (χ1n) is 8.59. The summed E-state index contributed by atoms with van der Waals surface area (Å²) in [4.78, 5) is 43.3. The molecule has 2 aliphatic rings. The van der Waals surface area contributed by atoms with Crippen molar-refractivity contribution in [2.24, 2.45) is 0 Å². The predicted molar refractivity (Wildman–Crippen MR) is 90.3 cm³/mol. The van der Waals surface area contributed by atoms with Crippen molar-refractivity contribution in [3.05, 3.63) is 35.9 Å². The number of carbonyl (C=O) groups is 3. The summed E-state index contributed by atoms with van der Waals surface area (Å²) in [5.74, 6) is -0.449. The highest BCUT2D eigenvalue weighted by molar-refractivity contribution is 5.89. The second-order valence-electron chi connectivity index (χ2n) is 6.10. The van der Waals surface area contributed by atoms with Crippen LogP contribution in [-0.4, -0.2) is 53.2 Å². The van der Waals surface area contributed by atoms with Crippen molar-refractivity contribution in [3.63, 3.8) is 0 Å². The average molecular weight is 362 g/mol. The third-order valence-corrected chi connectivity index (χ3v) is 4.40. The molecule has 0 saturated carbocycles. The van der Waals surface area contributed by atoms with E-state index in [0.717, 1.165) is 5.56 Å². The van der Waals surface area contributed by atoms with Crippen molar-refractivity contribution in [1.82, 2.24) is 20.8 Å². The van der Waals surface area contributed by atoms with E-state index in [2.05, 4.69) is 15.6 Å². The molecule has 9 heteroatoms. The number of carbonyl (C=O) groups excluding carboxylic acids is 3. The summed E-state index contributed by atoms with van der Waals surface area (Å²) in [6.45, 7) is 2.57. The summed E-state index contributed by atoms with van der Waals surface area (Å²) >= 11 is 0. The highest BCUT2D eigenvalue weighted by Crippen LogP contribution is 2.30. The molecular weight excluding hydrogens is 340 g/mol. The molecule has 3 rings (SSSR count). The van der Waals surface area contributed by atoms with E-state index in [1.165, 1.54) is 9.96 Å². The van der Waals surface area contributed by atoms with Crippen molar-refractivity contribution in [1.29, 1.82) is 0 Å². The Balaban J connectivity index is 1.55. The van der Waals surface area contributed by atoms with Gasteiger partial charge < -0.3 is 9.64 Å². The lowest BCUT2D eigenvalue weighted by Crippen LogP contribution is -2.54. The molecule has 2 atom stereocenters. The number of piperidine rings is 1. The lowest BCUT2D eigenvalue weighted by molar-refractivity contribution is -0.140. The standard InChI is InChI=1S/C17H22N4O5/c1-2-25-16(23)19-18-15(22)14-9-8-13-10-20(14)17(24)21(13)26-11-12-6-4-3-5-7-12/h3-7,13-14H,2,8-11H2,1H3,(H,18,22)(H,19,23)/t13-,14+/m1/s1. The molecule has 140 valence electrons. The van der Waals surface area contributed by atoms with E-state index in [0.29, 0.717) is 19.4 Å². The number of hydrazine groups is 1. The number of nitrogens with zero attached hydrogens (tertiary/aromatic N) is 2. The van der Waals surface area contributed by atoms with Gasteiger partial charge in [-0.05, 0) is 25.3 Å². The minimum absolute atomic E-state index is 0.0757. The van der Waals surface area contributed by atoms with Crippen LogP contribution in [0.3, 0.4) is 0 Å². The van der Waals surface area contributed by atoms with Gasteiger partial charge in [-0.1, -0.05) is 30.3 Å². The third kappa shape index (κ3) is 3.88. The predicted octanol–water partition coefficient (Wildman–Crippen LogP) is 1.16. The molecular formula is C17H22N4O5. The Kier molecular flexibility index (Phi) is 5.57. The minimum Gasteiger partial charge on any atom is -0.449 e. The number of nitrogens with one attached hydrogen (secondary N) is 2. The van der Waals surface area contributed by atoms with Crippen molar-refractivity contribution >= 4 is 18.0 Å². The lowest BCUT2D eigenvalue weighted by Gasteiger charge is -2.29. The molecule has 4 amide bonds. The first-order chi connectivity index (χ1) is 12.6. The fourth-order valence-electron chi connectivity index (χ4n) is 3.15. The smallest absolute Gasteiger partial charge is 0.426 e. The monoisotopic (exact) mass is 362 g/mol. The Morgan fingerprint density at radius 3 is 2.69 bits per heavy atom. The quantitative estimate of drug-likeness (QED) is 0.766. The van der Waals surface area contributed by atoms with Crippen LogP contribution in [0.15, 0.2) is 30.3 Å². The number of fused-ring (bicyclic) bond motifs is 2. The van der Waals surface area contributed by atoms with Gasteiger partial charge in [-0.15, -0.1) is 0 Å². The van der Waals surface area contributed by atoms with E-state index in [4.69, 9.17) is 4.84 Å². The Bertz CT molecular complexity index is 668. The fraction of sp³-hybridized carbons (Fsp3) is 0.471. The molecule has 9 nitrogen and oxygen atoms in total. The molecule has 1 aromatic carbocycles. The largest absolute Gasteiger partial charge is 0.449 e. The molecule has 26 heavy (non-hydrogen) atoms. The maximum atomic E-state index is 12.6. The zero-order valence-electron chi connectivity index (χ0n) is 14.5. The molecule has 0 spiro atoms. The van der Waals surface area contributed by atoms with E-state index in [1.807, 2.05) is 30.3 Å². The molecule has 2 heterocycles. The molecule has 2 bridgehead atoms. The molecule has 2 saturated heterocycles. The van der Waals surface area contributed by atoms with Gasteiger partial charge >= 0.3 is 12.1 Å². The second-order valence-corrected chi connectivity index (χ2v) is 6.10. The normalized spacial score (nSPS) is 21.5. The summed E-state index contributed by atoms with van der Waals surface area (Å²) in [5.41, 5.74) is 5.43. The molecule has 0 aliphatic carbocycles. The molecule has 2 aliphatic heterocycles. The van der Waals surface area contributed by atoms with E-state index < -0.39 is 18.0 Å². The van der Waals surface area contributed by atoms with E-state index in [-0.39, 0.29) is 25.3 Å². The third-order valence-electron chi connectivity index (χ3n) is 4.40. The molecule has 0 aromatic heterocycles. The van der Waals surface area contributed by atoms with Gasteiger partial charge in [0.05, 0.1) is 12.6 Å².